The van der Waals surface area contributed by atoms with Gasteiger partial charge in [-0.1, -0.05) is 18.2 Å². The highest BCUT2D eigenvalue weighted by atomic mass is 19.4. The standard InChI is InChI=1S/C30H34F3NO5/c1-34-13-12-28-24-19-6-9-22(35-2)25(24)38-26(28)29(36-3)11-10-27(28,23(34)14-19)15-20(29)17-37-16-18-4-7-21(8-5-18)39-30(31,32)33/h4-9,20,23,26H,10-17H2,1-3H3/t20-,23-,26-,27-,28+,29-/m1/s1. The topological polar surface area (TPSA) is 49.4 Å². The molecular weight excluding hydrogens is 511 g/mol. The number of benzene rings is 2. The maximum Gasteiger partial charge on any atom is 0.573 e. The van der Waals surface area contributed by atoms with Gasteiger partial charge in [0.15, 0.2) is 11.5 Å². The van der Waals surface area contributed by atoms with Crippen LogP contribution >= 0.6 is 0 Å². The number of hydrogen-bond acceptors (Lipinski definition) is 6. The Labute approximate surface area is 226 Å². The van der Waals surface area contributed by atoms with Crippen LogP contribution in [0.3, 0.4) is 0 Å². The van der Waals surface area contributed by atoms with Gasteiger partial charge in [0.2, 0.25) is 0 Å². The van der Waals surface area contributed by atoms with Crippen LogP contribution in [0.25, 0.3) is 0 Å². The molecule has 6 aliphatic rings. The number of halogens is 3. The predicted octanol–water partition coefficient (Wildman–Crippen LogP) is 5.25. The Kier molecular flexibility index (Phi) is 5.56. The lowest BCUT2D eigenvalue weighted by Gasteiger charge is -2.73. The molecule has 2 aliphatic heterocycles. The fourth-order valence-electron chi connectivity index (χ4n) is 9.28. The van der Waals surface area contributed by atoms with Crippen molar-refractivity contribution in [2.75, 3.05) is 34.4 Å². The van der Waals surface area contributed by atoms with Crippen LogP contribution in [0, 0.1) is 11.3 Å². The molecule has 0 amide bonds. The van der Waals surface area contributed by atoms with E-state index in [4.69, 9.17) is 18.9 Å². The Morgan fingerprint density at radius 2 is 1.85 bits per heavy atom. The number of likely N-dealkylation sites (tertiary alicyclic amines) is 1. The monoisotopic (exact) mass is 545 g/mol. The number of ether oxygens (including phenoxy) is 5. The van der Waals surface area contributed by atoms with Crippen molar-refractivity contribution in [1.82, 2.24) is 4.90 Å². The second-order valence-electron chi connectivity index (χ2n) is 12.0. The maximum absolute atomic E-state index is 12.5. The molecule has 2 heterocycles. The van der Waals surface area contributed by atoms with Crippen LogP contribution in [-0.2, 0) is 27.9 Å². The summed E-state index contributed by atoms with van der Waals surface area (Å²) in [5.41, 5.74) is 2.98. The van der Waals surface area contributed by atoms with Crippen LogP contribution in [0.15, 0.2) is 36.4 Å². The summed E-state index contributed by atoms with van der Waals surface area (Å²) in [6, 6.07) is 10.6. The van der Waals surface area contributed by atoms with E-state index in [1.807, 2.05) is 6.07 Å². The summed E-state index contributed by atoms with van der Waals surface area (Å²) in [7, 11) is 5.77. The fourth-order valence-corrected chi connectivity index (χ4v) is 9.28. The van der Waals surface area contributed by atoms with E-state index >= 15 is 0 Å². The predicted molar refractivity (Wildman–Crippen MR) is 136 cm³/mol. The van der Waals surface area contributed by atoms with Crippen LogP contribution in [0.2, 0.25) is 0 Å². The van der Waals surface area contributed by atoms with E-state index in [1.165, 1.54) is 23.3 Å². The summed E-state index contributed by atoms with van der Waals surface area (Å²) in [4.78, 5) is 2.56. The molecule has 6 atom stereocenters. The SMILES string of the molecule is COc1ccc2c3c1O[C@H]1[C@@]4(OC)CC[C@@]5(C[C@@H]4COCc4ccc(OC(F)(F)F)cc4)[C@@H](C2)N(C)CC[C@]315. The summed E-state index contributed by atoms with van der Waals surface area (Å²) < 4.78 is 67.1. The fraction of sp³-hybridized carbons (Fsp3) is 0.600. The van der Waals surface area contributed by atoms with Crippen LogP contribution in [0.4, 0.5) is 13.2 Å². The highest BCUT2D eigenvalue weighted by Gasteiger charge is 2.80. The summed E-state index contributed by atoms with van der Waals surface area (Å²) in [5, 5.41) is 0. The molecule has 3 saturated carbocycles. The van der Waals surface area contributed by atoms with Gasteiger partial charge in [0.1, 0.15) is 17.5 Å². The molecule has 9 heteroatoms. The summed E-state index contributed by atoms with van der Waals surface area (Å²) in [6.07, 6.45) is 0.188. The third-order valence-corrected chi connectivity index (χ3v) is 10.7. The average Bonchev–Trinajstić information content (AvgIpc) is 3.28. The number of fused-ring (bicyclic) bond motifs is 2. The molecule has 39 heavy (non-hydrogen) atoms. The molecule has 2 aromatic carbocycles. The molecule has 0 radical (unpaired) electrons. The van der Waals surface area contributed by atoms with E-state index in [1.54, 1.807) is 26.4 Å². The summed E-state index contributed by atoms with van der Waals surface area (Å²) in [5.74, 6) is 1.58. The Morgan fingerprint density at radius 3 is 2.56 bits per heavy atom. The first kappa shape index (κ1) is 25.5. The molecule has 2 aromatic rings. The van der Waals surface area contributed by atoms with Gasteiger partial charge in [-0.05, 0) is 75.0 Å². The minimum absolute atomic E-state index is 0.0557. The number of methoxy groups -OCH3 is 2. The van der Waals surface area contributed by atoms with Gasteiger partial charge < -0.3 is 28.6 Å². The first-order valence-electron chi connectivity index (χ1n) is 13.7. The normalized spacial score (nSPS) is 35.9. The molecule has 0 N–H and O–H groups in total. The number of alkyl halides is 3. The highest BCUT2D eigenvalue weighted by Crippen LogP contribution is 2.76. The van der Waals surface area contributed by atoms with Gasteiger partial charge in [-0.15, -0.1) is 13.2 Å². The van der Waals surface area contributed by atoms with E-state index in [0.29, 0.717) is 19.3 Å². The van der Waals surface area contributed by atoms with Crippen LogP contribution in [-0.4, -0.2) is 63.4 Å². The highest BCUT2D eigenvalue weighted by molar-refractivity contribution is 5.63. The largest absolute Gasteiger partial charge is 0.573 e. The van der Waals surface area contributed by atoms with Crippen molar-refractivity contribution >= 4 is 0 Å². The van der Waals surface area contributed by atoms with E-state index in [-0.39, 0.29) is 28.6 Å². The number of piperidine rings is 1. The smallest absolute Gasteiger partial charge is 0.493 e. The maximum atomic E-state index is 12.5. The first-order valence-corrected chi connectivity index (χ1v) is 13.7. The second kappa shape index (κ2) is 8.51. The van der Waals surface area contributed by atoms with Gasteiger partial charge >= 0.3 is 6.36 Å². The van der Waals surface area contributed by atoms with Crippen LogP contribution in [0.5, 0.6) is 17.2 Å². The lowest BCUT2D eigenvalue weighted by atomic mass is 9.35. The molecule has 6 nitrogen and oxygen atoms in total. The van der Waals surface area contributed by atoms with Crippen molar-refractivity contribution < 1.29 is 36.9 Å². The summed E-state index contributed by atoms with van der Waals surface area (Å²) >= 11 is 0. The van der Waals surface area contributed by atoms with Crippen molar-refractivity contribution in [3.63, 3.8) is 0 Å². The molecule has 0 unspecified atom stereocenters. The van der Waals surface area contributed by atoms with Crippen molar-refractivity contribution in [3.05, 3.63) is 53.1 Å². The van der Waals surface area contributed by atoms with Gasteiger partial charge in [-0.2, -0.15) is 0 Å². The van der Waals surface area contributed by atoms with E-state index in [9.17, 15) is 13.2 Å². The third-order valence-electron chi connectivity index (χ3n) is 10.7. The molecule has 0 aromatic heterocycles. The molecule has 4 aliphatic carbocycles. The van der Waals surface area contributed by atoms with Gasteiger partial charge in [0, 0.05) is 35.5 Å². The minimum atomic E-state index is -4.71. The van der Waals surface area contributed by atoms with Gasteiger partial charge in [0.25, 0.3) is 0 Å². The lowest BCUT2D eigenvalue weighted by Crippen LogP contribution is -2.81. The van der Waals surface area contributed by atoms with Crippen molar-refractivity contribution in [2.24, 2.45) is 11.3 Å². The quantitative estimate of drug-likeness (QED) is 0.474. The number of hydrogen-bond donors (Lipinski definition) is 0. The molecule has 1 saturated heterocycles. The number of likely N-dealkylation sites (N-methyl/N-ethyl adjacent to an activating group) is 1. The third kappa shape index (κ3) is 3.33. The molecule has 2 spiro atoms. The minimum Gasteiger partial charge on any atom is -0.493 e. The lowest BCUT2D eigenvalue weighted by molar-refractivity contribution is -0.282. The number of rotatable bonds is 7. The Bertz CT molecular complexity index is 1280. The van der Waals surface area contributed by atoms with E-state index < -0.39 is 12.0 Å². The van der Waals surface area contributed by atoms with Crippen molar-refractivity contribution in [2.45, 2.75) is 68.2 Å². The Morgan fingerprint density at radius 1 is 1.05 bits per heavy atom. The molecular formula is C30H34F3NO5. The van der Waals surface area contributed by atoms with Gasteiger partial charge in [-0.3, -0.25) is 0 Å². The zero-order valence-corrected chi connectivity index (χ0v) is 22.5. The average molecular weight is 546 g/mol. The van der Waals surface area contributed by atoms with Crippen LogP contribution in [0.1, 0.15) is 42.4 Å². The molecule has 8 rings (SSSR count). The molecule has 4 fully saturated rings. The van der Waals surface area contributed by atoms with Crippen LogP contribution < -0.4 is 14.2 Å². The van der Waals surface area contributed by atoms with E-state index in [2.05, 4.69) is 22.8 Å². The van der Waals surface area contributed by atoms with Crippen molar-refractivity contribution in [1.29, 1.82) is 0 Å². The second-order valence-corrected chi connectivity index (χ2v) is 12.0. The molecule has 4 bridgehead atoms. The molecule has 210 valence electrons. The Balaban J connectivity index is 1.19. The number of nitrogens with zero attached hydrogens (tertiary/aromatic N) is 1. The van der Waals surface area contributed by atoms with Gasteiger partial charge in [0.05, 0.1) is 20.3 Å². The zero-order chi connectivity index (χ0) is 27.2. The van der Waals surface area contributed by atoms with Crippen molar-refractivity contribution in [3.8, 4) is 17.2 Å². The first-order chi connectivity index (χ1) is 18.7. The van der Waals surface area contributed by atoms with Gasteiger partial charge in [-0.25, -0.2) is 0 Å². The van der Waals surface area contributed by atoms with E-state index in [0.717, 1.165) is 55.7 Å². The Hall–Kier alpha value is -2.49. The summed E-state index contributed by atoms with van der Waals surface area (Å²) in [6.45, 7) is 1.81. The zero-order valence-electron chi connectivity index (χ0n) is 22.5.